The molecule has 1 aliphatic heterocycles. The smallest absolute Gasteiger partial charge is 0.227 e. The van der Waals surface area contributed by atoms with Gasteiger partial charge in [0.1, 0.15) is 12.5 Å². The van der Waals surface area contributed by atoms with Crippen LogP contribution in [0.4, 0.5) is 11.5 Å². The van der Waals surface area contributed by atoms with Crippen LogP contribution >= 0.6 is 0 Å². The number of carbonyl (C=O) groups excluding carboxylic acids is 1. The van der Waals surface area contributed by atoms with Crippen LogP contribution in [0.5, 0.6) is 0 Å². The first kappa shape index (κ1) is 28.6. The van der Waals surface area contributed by atoms with Gasteiger partial charge in [0.25, 0.3) is 0 Å². The van der Waals surface area contributed by atoms with Crippen molar-refractivity contribution in [2.45, 2.75) is 64.6 Å². The summed E-state index contributed by atoms with van der Waals surface area (Å²) < 4.78 is 15.2. The van der Waals surface area contributed by atoms with E-state index in [4.69, 9.17) is 24.7 Å². The summed E-state index contributed by atoms with van der Waals surface area (Å²) in [5.74, 6) is 1.84. The number of nitrogens with one attached hydrogen (secondary N) is 1. The summed E-state index contributed by atoms with van der Waals surface area (Å²) in [5, 5.41) is 13.5. The Morgan fingerprint density at radius 1 is 1.14 bits per heavy atom. The molecule has 1 aromatic carbocycles. The van der Waals surface area contributed by atoms with E-state index < -0.39 is 8.07 Å². The first-order chi connectivity index (χ1) is 20.2. The second kappa shape index (κ2) is 12.0. The number of hydrogen-bond donors (Lipinski definition) is 1. The number of anilines is 2. The molecule has 4 aromatic rings. The fourth-order valence-corrected chi connectivity index (χ4v) is 6.09. The number of rotatable bonds is 10. The van der Waals surface area contributed by atoms with Crippen molar-refractivity contribution in [2.75, 3.05) is 36.6 Å². The van der Waals surface area contributed by atoms with Crippen molar-refractivity contribution in [2.24, 2.45) is 5.92 Å². The minimum absolute atomic E-state index is 0.117. The van der Waals surface area contributed by atoms with Crippen molar-refractivity contribution in [1.82, 2.24) is 24.5 Å². The third-order valence-corrected chi connectivity index (χ3v) is 9.90. The lowest BCUT2D eigenvalue weighted by atomic mass is 9.85. The number of carbonyl (C=O) groups is 1. The van der Waals surface area contributed by atoms with Crippen molar-refractivity contribution in [1.29, 1.82) is 0 Å². The van der Waals surface area contributed by atoms with Crippen LogP contribution in [0.3, 0.4) is 0 Å². The number of benzene rings is 1. The summed E-state index contributed by atoms with van der Waals surface area (Å²) in [6.07, 6.45) is 6.88. The van der Waals surface area contributed by atoms with E-state index in [1.165, 1.54) is 0 Å². The van der Waals surface area contributed by atoms with Crippen LogP contribution in [0.15, 0.2) is 48.8 Å². The van der Waals surface area contributed by atoms with E-state index in [0.717, 1.165) is 72.1 Å². The molecule has 11 heteroatoms. The molecule has 1 saturated carbocycles. The minimum atomic E-state index is -1.14. The zero-order valence-corrected chi connectivity index (χ0v) is 26.0. The number of pyridine rings is 1. The molecule has 10 nitrogen and oxygen atoms in total. The second-order valence-electron chi connectivity index (χ2n) is 12.7. The van der Waals surface area contributed by atoms with E-state index in [2.05, 4.69) is 55.0 Å². The SMILES string of the molecule is C[C@@H]1COCCN1c1cc(-c2ccc(NC(=O)C3CCC3)cc2)c2cnn(-c3ccn(COCC[Si](C)(C)C)n3)c2n1. The molecule has 1 saturated heterocycles. The maximum absolute atomic E-state index is 12.5. The van der Waals surface area contributed by atoms with E-state index in [-0.39, 0.29) is 17.9 Å². The fraction of sp³-hybridized carbons (Fsp3) is 0.484. The molecule has 0 radical (unpaired) electrons. The summed E-state index contributed by atoms with van der Waals surface area (Å²) in [7, 11) is -1.14. The molecule has 4 heterocycles. The molecule has 1 amide bonds. The van der Waals surface area contributed by atoms with E-state index in [1.54, 1.807) is 9.36 Å². The Balaban J connectivity index is 1.31. The maximum Gasteiger partial charge on any atom is 0.227 e. The van der Waals surface area contributed by atoms with E-state index in [0.29, 0.717) is 25.8 Å². The van der Waals surface area contributed by atoms with Crippen LogP contribution in [-0.4, -0.2) is 70.9 Å². The van der Waals surface area contributed by atoms with E-state index >= 15 is 0 Å². The Morgan fingerprint density at radius 3 is 2.67 bits per heavy atom. The number of amides is 1. The Labute approximate surface area is 248 Å². The molecule has 42 heavy (non-hydrogen) atoms. The lowest BCUT2D eigenvalue weighted by Gasteiger charge is -2.34. The molecular weight excluding hydrogens is 546 g/mol. The molecule has 0 spiro atoms. The van der Waals surface area contributed by atoms with Gasteiger partial charge in [0, 0.05) is 50.5 Å². The third-order valence-electron chi connectivity index (χ3n) is 8.19. The topological polar surface area (TPSA) is 99.3 Å². The molecule has 222 valence electrons. The molecule has 1 atom stereocenters. The molecule has 6 rings (SSSR count). The van der Waals surface area contributed by atoms with Gasteiger partial charge in [0.15, 0.2) is 11.5 Å². The van der Waals surface area contributed by atoms with E-state index in [1.807, 2.05) is 30.6 Å². The highest BCUT2D eigenvalue weighted by Gasteiger charge is 2.26. The normalized spacial score (nSPS) is 17.9. The van der Waals surface area contributed by atoms with Gasteiger partial charge in [-0.05, 0) is 55.1 Å². The quantitative estimate of drug-likeness (QED) is 0.192. The summed E-state index contributed by atoms with van der Waals surface area (Å²) in [6.45, 7) is 12.4. The van der Waals surface area contributed by atoms with Crippen LogP contribution in [0.25, 0.3) is 28.0 Å². The Morgan fingerprint density at radius 2 is 1.95 bits per heavy atom. The maximum atomic E-state index is 12.5. The molecule has 0 unspecified atom stereocenters. The number of fused-ring (bicyclic) bond motifs is 1. The summed E-state index contributed by atoms with van der Waals surface area (Å²) in [4.78, 5) is 19.9. The van der Waals surface area contributed by atoms with Gasteiger partial charge in [0.05, 0.1) is 25.5 Å². The highest BCUT2D eigenvalue weighted by molar-refractivity contribution is 6.76. The molecule has 2 fully saturated rings. The predicted octanol–water partition coefficient (Wildman–Crippen LogP) is 5.56. The average molecular weight is 588 g/mol. The Bertz CT molecular complexity index is 1540. The van der Waals surface area contributed by atoms with Crippen LogP contribution in [0, 0.1) is 5.92 Å². The lowest BCUT2D eigenvalue weighted by molar-refractivity contribution is -0.122. The first-order valence-corrected chi connectivity index (χ1v) is 18.7. The molecule has 1 N–H and O–H groups in total. The van der Waals surface area contributed by atoms with Gasteiger partial charge in [-0.3, -0.25) is 4.79 Å². The molecule has 3 aromatic heterocycles. The van der Waals surface area contributed by atoms with Crippen LogP contribution in [-0.2, 0) is 21.0 Å². The molecule has 0 bridgehead atoms. The zero-order valence-electron chi connectivity index (χ0n) is 25.0. The van der Waals surface area contributed by atoms with Crippen molar-refractivity contribution in [3.63, 3.8) is 0 Å². The minimum Gasteiger partial charge on any atom is -0.377 e. The lowest BCUT2D eigenvalue weighted by Crippen LogP contribution is -2.44. The Kier molecular flexibility index (Phi) is 8.15. The largest absolute Gasteiger partial charge is 0.377 e. The number of nitrogens with zero attached hydrogens (tertiary/aromatic N) is 6. The first-order valence-electron chi connectivity index (χ1n) is 15.0. The standard InChI is InChI=1S/C31H41N7O3Si/c1-22-20-40-15-14-37(22)29-18-26(23-8-10-25(11-9-23)33-31(39)24-6-5-7-24)27-19-32-38(30(27)34-29)28-12-13-36(35-28)21-41-16-17-42(2,3)4/h8-13,18-19,22,24H,5-7,14-17,20-21H2,1-4H3,(H,33,39)/t22-/m1/s1. The van der Waals surface area contributed by atoms with Crippen molar-refractivity contribution in [3.05, 3.63) is 48.8 Å². The summed E-state index contributed by atoms with van der Waals surface area (Å²) in [5.41, 5.74) is 3.63. The van der Waals surface area contributed by atoms with Crippen molar-refractivity contribution in [3.8, 4) is 16.9 Å². The highest BCUT2D eigenvalue weighted by Crippen LogP contribution is 2.34. The van der Waals surface area contributed by atoms with Gasteiger partial charge in [-0.15, -0.1) is 0 Å². The zero-order chi connectivity index (χ0) is 29.3. The van der Waals surface area contributed by atoms with Crippen LogP contribution < -0.4 is 10.2 Å². The third kappa shape index (κ3) is 6.28. The molecule has 2 aliphatic rings. The van der Waals surface area contributed by atoms with Gasteiger partial charge in [-0.25, -0.2) is 9.67 Å². The fourth-order valence-electron chi connectivity index (χ4n) is 5.33. The van der Waals surface area contributed by atoms with Gasteiger partial charge >= 0.3 is 0 Å². The summed E-state index contributed by atoms with van der Waals surface area (Å²) >= 11 is 0. The van der Waals surface area contributed by atoms with E-state index in [9.17, 15) is 4.79 Å². The number of aromatic nitrogens is 5. The second-order valence-corrected chi connectivity index (χ2v) is 18.3. The summed E-state index contributed by atoms with van der Waals surface area (Å²) in [6, 6.07) is 13.5. The van der Waals surface area contributed by atoms with Gasteiger partial charge in [0.2, 0.25) is 5.91 Å². The Hall–Kier alpha value is -3.54. The van der Waals surface area contributed by atoms with Gasteiger partial charge < -0.3 is 19.7 Å². The number of morpholine rings is 1. The van der Waals surface area contributed by atoms with Gasteiger partial charge in [-0.1, -0.05) is 38.2 Å². The number of hydrogen-bond acceptors (Lipinski definition) is 7. The average Bonchev–Trinajstić information content (AvgIpc) is 3.57. The van der Waals surface area contributed by atoms with Crippen molar-refractivity contribution >= 4 is 36.5 Å². The molecular formula is C31H41N7O3Si. The van der Waals surface area contributed by atoms with Crippen LogP contribution in [0.1, 0.15) is 26.2 Å². The van der Waals surface area contributed by atoms with Crippen molar-refractivity contribution < 1.29 is 14.3 Å². The number of ether oxygens (including phenoxy) is 2. The predicted molar refractivity (Wildman–Crippen MR) is 168 cm³/mol. The van der Waals surface area contributed by atoms with Gasteiger partial charge in [-0.2, -0.15) is 14.9 Å². The monoisotopic (exact) mass is 587 g/mol. The highest BCUT2D eigenvalue weighted by atomic mass is 28.3. The van der Waals surface area contributed by atoms with Crippen LogP contribution in [0.2, 0.25) is 25.7 Å². The molecule has 1 aliphatic carbocycles.